The molecule has 2 atom stereocenters. The number of pyridine rings is 1. The minimum absolute atomic E-state index is 0.0774. The molecule has 2 unspecified atom stereocenters. The standard InChI is InChI=1S/C17H20N2O7S/c1-17(16(23)18-24,27(2,25)26)8-10-19-9-7-13(11-15(19)22)5-3-4-6-14(21)12-20/h7,9,11,14,20-21,24H,8,10,12H2,1-2H3,(H,18,23). The fourth-order valence-corrected chi connectivity index (χ4v) is 2.80. The number of nitrogens with one attached hydrogen (secondary N) is 1. The smallest absolute Gasteiger partial charge is 0.264 e. The molecule has 1 aromatic heterocycles. The summed E-state index contributed by atoms with van der Waals surface area (Å²) in [5, 5.41) is 26.4. The molecule has 1 amide bonds. The maximum Gasteiger partial charge on any atom is 0.264 e. The number of sulfone groups is 1. The van der Waals surface area contributed by atoms with Crippen molar-refractivity contribution in [2.45, 2.75) is 30.7 Å². The first-order chi connectivity index (χ1) is 12.5. The van der Waals surface area contributed by atoms with E-state index in [2.05, 4.69) is 23.7 Å². The Bertz CT molecular complexity index is 976. The highest BCUT2D eigenvalue weighted by Crippen LogP contribution is 2.21. The van der Waals surface area contributed by atoms with Gasteiger partial charge in [0.05, 0.1) is 6.61 Å². The first-order valence-corrected chi connectivity index (χ1v) is 9.59. The van der Waals surface area contributed by atoms with Crippen molar-refractivity contribution in [3.8, 4) is 23.7 Å². The van der Waals surface area contributed by atoms with E-state index in [4.69, 9.17) is 15.4 Å². The van der Waals surface area contributed by atoms with Crippen molar-refractivity contribution in [3.63, 3.8) is 0 Å². The summed E-state index contributed by atoms with van der Waals surface area (Å²) < 4.78 is 23.1. The largest absolute Gasteiger partial charge is 0.393 e. The van der Waals surface area contributed by atoms with Gasteiger partial charge in [-0.3, -0.25) is 14.8 Å². The van der Waals surface area contributed by atoms with Crippen LogP contribution in [0.15, 0.2) is 23.1 Å². The molecule has 0 aliphatic carbocycles. The number of aryl methyl sites for hydroxylation is 1. The Morgan fingerprint density at radius 1 is 1.41 bits per heavy atom. The SMILES string of the molecule is CC(CCn1ccc(C#CC#CC(O)CO)cc1=O)(C(=O)NO)S(C)(=O)=O. The van der Waals surface area contributed by atoms with E-state index in [1.165, 1.54) is 28.4 Å². The molecule has 9 nitrogen and oxygen atoms in total. The quantitative estimate of drug-likeness (QED) is 0.253. The van der Waals surface area contributed by atoms with Gasteiger partial charge in [-0.1, -0.05) is 11.8 Å². The molecule has 27 heavy (non-hydrogen) atoms. The molecular formula is C17H20N2O7S. The van der Waals surface area contributed by atoms with Gasteiger partial charge in [0.2, 0.25) is 0 Å². The first kappa shape index (κ1) is 22.4. The minimum Gasteiger partial charge on any atom is -0.393 e. The average molecular weight is 396 g/mol. The maximum absolute atomic E-state index is 12.1. The average Bonchev–Trinajstić information content (AvgIpc) is 2.62. The third kappa shape index (κ3) is 5.94. The Labute approximate surface area is 156 Å². The normalized spacial score (nSPS) is 14.0. The van der Waals surface area contributed by atoms with Crippen LogP contribution in [0.1, 0.15) is 18.9 Å². The van der Waals surface area contributed by atoms with Crippen molar-refractivity contribution in [3.05, 3.63) is 34.2 Å². The summed E-state index contributed by atoms with van der Waals surface area (Å²) in [6.07, 6.45) is 0.848. The summed E-state index contributed by atoms with van der Waals surface area (Å²) in [4.78, 5) is 23.9. The van der Waals surface area contributed by atoms with Crippen LogP contribution in [-0.4, -0.2) is 58.0 Å². The predicted molar refractivity (Wildman–Crippen MR) is 96.2 cm³/mol. The monoisotopic (exact) mass is 396 g/mol. The molecule has 0 aliphatic heterocycles. The number of aliphatic hydroxyl groups excluding tert-OH is 2. The van der Waals surface area contributed by atoms with Crippen LogP contribution >= 0.6 is 0 Å². The zero-order valence-electron chi connectivity index (χ0n) is 14.8. The molecular weight excluding hydrogens is 376 g/mol. The fourth-order valence-electron chi connectivity index (χ4n) is 1.96. The number of hydroxylamine groups is 1. The number of aromatic nitrogens is 1. The van der Waals surface area contributed by atoms with Gasteiger partial charge in [-0.25, -0.2) is 13.9 Å². The molecule has 0 fully saturated rings. The number of amides is 1. The van der Waals surface area contributed by atoms with E-state index in [0.717, 1.165) is 13.2 Å². The van der Waals surface area contributed by atoms with Crippen LogP contribution in [0, 0.1) is 23.7 Å². The lowest BCUT2D eigenvalue weighted by atomic mass is 10.1. The van der Waals surface area contributed by atoms with E-state index in [1.54, 1.807) is 0 Å². The van der Waals surface area contributed by atoms with Crippen LogP contribution in [0.25, 0.3) is 0 Å². The summed E-state index contributed by atoms with van der Waals surface area (Å²) in [7, 11) is -3.85. The van der Waals surface area contributed by atoms with Gasteiger partial charge in [0.1, 0.15) is 6.10 Å². The first-order valence-electron chi connectivity index (χ1n) is 7.70. The Balaban J connectivity index is 2.98. The number of rotatable bonds is 6. The van der Waals surface area contributed by atoms with Gasteiger partial charge in [-0.2, -0.15) is 0 Å². The Morgan fingerprint density at radius 3 is 2.59 bits per heavy atom. The number of hydrogen-bond donors (Lipinski definition) is 4. The van der Waals surface area contributed by atoms with Crippen molar-refractivity contribution in [2.24, 2.45) is 0 Å². The second-order valence-corrected chi connectivity index (χ2v) is 8.30. The van der Waals surface area contributed by atoms with Gasteiger partial charge in [-0.15, -0.1) is 0 Å². The molecule has 0 aliphatic rings. The molecule has 0 saturated carbocycles. The summed E-state index contributed by atoms with van der Waals surface area (Å²) in [6.45, 7) is 0.579. The third-order valence-electron chi connectivity index (χ3n) is 3.91. The van der Waals surface area contributed by atoms with Crippen molar-refractivity contribution >= 4 is 15.7 Å². The zero-order valence-corrected chi connectivity index (χ0v) is 15.6. The highest BCUT2D eigenvalue weighted by molar-refractivity contribution is 7.92. The summed E-state index contributed by atoms with van der Waals surface area (Å²) in [6, 6.07) is 2.71. The Hall–Kier alpha value is -2.63. The molecule has 0 aromatic carbocycles. The van der Waals surface area contributed by atoms with E-state index < -0.39 is 38.8 Å². The highest BCUT2D eigenvalue weighted by Gasteiger charge is 2.43. The Kier molecular flexibility index (Phi) is 7.76. The molecule has 146 valence electrons. The third-order valence-corrected chi connectivity index (χ3v) is 5.93. The molecule has 1 aromatic rings. The van der Waals surface area contributed by atoms with Gasteiger partial charge in [0.15, 0.2) is 14.6 Å². The number of hydrogen-bond acceptors (Lipinski definition) is 7. The van der Waals surface area contributed by atoms with E-state index in [9.17, 15) is 18.0 Å². The van der Waals surface area contributed by atoms with Crippen LogP contribution in [0.2, 0.25) is 0 Å². The summed E-state index contributed by atoms with van der Waals surface area (Å²) >= 11 is 0. The van der Waals surface area contributed by atoms with E-state index in [0.29, 0.717) is 5.56 Å². The molecule has 0 radical (unpaired) electrons. The highest BCUT2D eigenvalue weighted by atomic mass is 32.2. The van der Waals surface area contributed by atoms with Gasteiger partial charge in [0, 0.05) is 30.6 Å². The van der Waals surface area contributed by atoms with Crippen LogP contribution < -0.4 is 11.0 Å². The predicted octanol–water partition coefficient (Wildman–Crippen LogP) is -1.74. The number of carbonyl (C=O) groups is 1. The topological polar surface area (TPSA) is 146 Å². The minimum atomic E-state index is -3.85. The maximum atomic E-state index is 12.1. The summed E-state index contributed by atoms with van der Waals surface area (Å²) in [5.41, 5.74) is 1.23. The molecule has 0 spiro atoms. The van der Waals surface area contributed by atoms with Crippen LogP contribution in [0.5, 0.6) is 0 Å². The van der Waals surface area contributed by atoms with Crippen molar-refractivity contribution in [1.82, 2.24) is 10.0 Å². The Morgan fingerprint density at radius 2 is 2.07 bits per heavy atom. The molecule has 10 heteroatoms. The van der Waals surface area contributed by atoms with Crippen LogP contribution in [-0.2, 0) is 21.2 Å². The van der Waals surface area contributed by atoms with Crippen LogP contribution in [0.4, 0.5) is 0 Å². The second kappa shape index (κ2) is 9.35. The lowest BCUT2D eigenvalue weighted by Gasteiger charge is -2.25. The number of carbonyl (C=O) groups excluding carboxylic acids is 1. The van der Waals surface area contributed by atoms with Gasteiger partial charge in [-0.05, 0) is 31.3 Å². The molecule has 4 N–H and O–H groups in total. The molecule has 1 rings (SSSR count). The van der Waals surface area contributed by atoms with Crippen molar-refractivity contribution in [1.29, 1.82) is 0 Å². The van der Waals surface area contributed by atoms with E-state index in [1.807, 2.05) is 0 Å². The van der Waals surface area contributed by atoms with Gasteiger partial charge >= 0.3 is 0 Å². The summed E-state index contributed by atoms with van der Waals surface area (Å²) in [5.74, 6) is 8.55. The molecule has 0 saturated heterocycles. The molecule has 0 bridgehead atoms. The van der Waals surface area contributed by atoms with Gasteiger partial charge in [0.25, 0.3) is 11.5 Å². The number of aliphatic hydroxyl groups is 2. The van der Waals surface area contributed by atoms with E-state index >= 15 is 0 Å². The van der Waals surface area contributed by atoms with Crippen LogP contribution in [0.3, 0.4) is 0 Å². The number of nitrogens with zero attached hydrogens (tertiary/aromatic N) is 1. The van der Waals surface area contributed by atoms with Crippen molar-refractivity contribution in [2.75, 3.05) is 12.9 Å². The van der Waals surface area contributed by atoms with E-state index in [-0.39, 0.29) is 13.0 Å². The molecule has 1 heterocycles. The lowest BCUT2D eigenvalue weighted by Crippen LogP contribution is -2.49. The van der Waals surface area contributed by atoms with Crippen molar-refractivity contribution < 1.29 is 28.6 Å². The van der Waals surface area contributed by atoms with Gasteiger partial charge < -0.3 is 14.8 Å². The zero-order chi connectivity index (χ0) is 20.7. The lowest BCUT2D eigenvalue weighted by molar-refractivity contribution is -0.131. The fraction of sp³-hybridized carbons (Fsp3) is 0.412. The second-order valence-electron chi connectivity index (χ2n) is 5.86.